The molecule has 0 bridgehead atoms. The smallest absolute Gasteiger partial charge is 0.161 e. The van der Waals surface area contributed by atoms with Crippen LogP contribution in [0.3, 0.4) is 0 Å². The van der Waals surface area contributed by atoms with Gasteiger partial charge in [-0.3, -0.25) is 4.98 Å². The van der Waals surface area contributed by atoms with Crippen LogP contribution in [-0.4, -0.2) is 38.1 Å². The molecule has 1 fully saturated rings. The molecular weight excluding hydrogens is 340 g/mol. The fourth-order valence-corrected chi connectivity index (χ4v) is 4.51. The summed E-state index contributed by atoms with van der Waals surface area (Å²) in [6, 6.07) is 9.57. The molecule has 1 atom stereocenters. The molecule has 25 heavy (non-hydrogen) atoms. The number of benzene rings is 1. The van der Waals surface area contributed by atoms with E-state index in [0.29, 0.717) is 31.1 Å². The van der Waals surface area contributed by atoms with Crippen LogP contribution in [0.4, 0.5) is 0 Å². The summed E-state index contributed by atoms with van der Waals surface area (Å²) in [5.74, 6) is 1.81. The number of nitrogens with one attached hydrogen (secondary N) is 1. The standard InChI is InChI=1S/C18H22N2O4S/c1-23-17-5-4-14(11-20-16-6-8-25(21,22)13-16)9-18(17)24-12-15-3-2-7-19-10-15/h2-5,7,9-10,16,20H,6,8,11-13H2,1H3/t16-/m0/s1. The molecule has 0 aliphatic carbocycles. The van der Waals surface area contributed by atoms with E-state index in [-0.39, 0.29) is 17.5 Å². The molecule has 6 nitrogen and oxygen atoms in total. The normalized spacial score (nSPS) is 18.8. The minimum absolute atomic E-state index is 0.0202. The zero-order valence-corrected chi connectivity index (χ0v) is 15.0. The lowest BCUT2D eigenvalue weighted by Crippen LogP contribution is -2.29. The number of aromatic nitrogens is 1. The molecule has 1 aromatic carbocycles. The van der Waals surface area contributed by atoms with Crippen molar-refractivity contribution in [2.24, 2.45) is 0 Å². The molecule has 1 aliphatic heterocycles. The van der Waals surface area contributed by atoms with Crippen LogP contribution in [0.5, 0.6) is 11.5 Å². The molecule has 1 saturated heterocycles. The minimum atomic E-state index is -2.87. The van der Waals surface area contributed by atoms with Gasteiger partial charge in [0.1, 0.15) is 6.61 Å². The quantitative estimate of drug-likeness (QED) is 0.811. The van der Waals surface area contributed by atoms with Crippen molar-refractivity contribution in [2.75, 3.05) is 18.6 Å². The molecule has 7 heteroatoms. The van der Waals surface area contributed by atoms with E-state index >= 15 is 0 Å². The van der Waals surface area contributed by atoms with Crippen molar-refractivity contribution < 1.29 is 17.9 Å². The zero-order chi connectivity index (χ0) is 17.7. The van der Waals surface area contributed by atoms with Crippen LogP contribution in [0, 0.1) is 0 Å². The van der Waals surface area contributed by atoms with Crippen molar-refractivity contribution in [1.82, 2.24) is 10.3 Å². The molecule has 0 spiro atoms. The summed E-state index contributed by atoms with van der Waals surface area (Å²) in [5.41, 5.74) is 2.00. The number of rotatable bonds is 7. The second-order valence-electron chi connectivity index (χ2n) is 6.12. The monoisotopic (exact) mass is 362 g/mol. The van der Waals surface area contributed by atoms with Crippen LogP contribution in [0.1, 0.15) is 17.5 Å². The van der Waals surface area contributed by atoms with Gasteiger partial charge in [0, 0.05) is 30.5 Å². The predicted molar refractivity (Wildman–Crippen MR) is 95.5 cm³/mol. The fourth-order valence-electron chi connectivity index (χ4n) is 2.81. The Hall–Kier alpha value is -2.12. The minimum Gasteiger partial charge on any atom is -0.493 e. The van der Waals surface area contributed by atoms with E-state index in [4.69, 9.17) is 9.47 Å². The third kappa shape index (κ3) is 4.93. The number of ether oxygens (including phenoxy) is 2. The molecule has 1 N–H and O–H groups in total. The molecular formula is C18H22N2O4S. The number of hydrogen-bond acceptors (Lipinski definition) is 6. The Bertz CT molecular complexity index is 809. The number of hydrogen-bond donors (Lipinski definition) is 1. The number of nitrogens with zero attached hydrogens (tertiary/aromatic N) is 1. The van der Waals surface area contributed by atoms with Gasteiger partial charge in [-0.05, 0) is 30.2 Å². The Morgan fingerprint density at radius 3 is 2.80 bits per heavy atom. The summed E-state index contributed by atoms with van der Waals surface area (Å²) in [6.45, 7) is 0.995. The van der Waals surface area contributed by atoms with Crippen LogP contribution >= 0.6 is 0 Å². The van der Waals surface area contributed by atoms with Gasteiger partial charge in [0.15, 0.2) is 21.3 Å². The average Bonchev–Trinajstić information content (AvgIpc) is 2.98. The molecule has 0 amide bonds. The van der Waals surface area contributed by atoms with E-state index in [0.717, 1.165) is 11.1 Å². The first-order chi connectivity index (χ1) is 12.1. The molecule has 3 rings (SSSR count). The lowest BCUT2D eigenvalue weighted by molar-refractivity contribution is 0.283. The van der Waals surface area contributed by atoms with Gasteiger partial charge in [-0.15, -0.1) is 0 Å². The van der Waals surface area contributed by atoms with E-state index in [1.165, 1.54) is 0 Å². The zero-order valence-electron chi connectivity index (χ0n) is 14.1. The summed E-state index contributed by atoms with van der Waals surface area (Å²) in [5, 5.41) is 3.31. The van der Waals surface area contributed by atoms with Crippen molar-refractivity contribution in [3.8, 4) is 11.5 Å². The predicted octanol–water partition coefficient (Wildman–Crippen LogP) is 1.95. The topological polar surface area (TPSA) is 77.5 Å². The van der Waals surface area contributed by atoms with Gasteiger partial charge in [-0.1, -0.05) is 12.1 Å². The van der Waals surface area contributed by atoms with Gasteiger partial charge < -0.3 is 14.8 Å². The fraction of sp³-hybridized carbons (Fsp3) is 0.389. The Morgan fingerprint density at radius 1 is 1.24 bits per heavy atom. The van der Waals surface area contributed by atoms with E-state index < -0.39 is 9.84 Å². The largest absolute Gasteiger partial charge is 0.493 e. The first-order valence-corrected chi connectivity index (χ1v) is 10.0. The highest BCUT2D eigenvalue weighted by atomic mass is 32.2. The summed E-state index contributed by atoms with van der Waals surface area (Å²) in [4.78, 5) is 4.07. The maximum absolute atomic E-state index is 11.5. The van der Waals surface area contributed by atoms with Crippen LogP contribution in [0.2, 0.25) is 0 Å². The molecule has 1 aliphatic rings. The second-order valence-corrected chi connectivity index (χ2v) is 8.34. The van der Waals surface area contributed by atoms with Crippen molar-refractivity contribution >= 4 is 9.84 Å². The Labute approximate surface area is 148 Å². The molecule has 0 unspecified atom stereocenters. The number of pyridine rings is 1. The lowest BCUT2D eigenvalue weighted by atomic mass is 10.1. The Balaban J connectivity index is 1.63. The van der Waals surface area contributed by atoms with E-state index in [9.17, 15) is 8.42 Å². The van der Waals surface area contributed by atoms with Crippen LogP contribution in [0.15, 0.2) is 42.7 Å². The highest BCUT2D eigenvalue weighted by Gasteiger charge is 2.27. The van der Waals surface area contributed by atoms with E-state index in [1.807, 2.05) is 30.3 Å². The summed E-state index contributed by atoms with van der Waals surface area (Å²) >= 11 is 0. The summed E-state index contributed by atoms with van der Waals surface area (Å²) < 4.78 is 34.3. The van der Waals surface area contributed by atoms with Gasteiger partial charge in [0.2, 0.25) is 0 Å². The van der Waals surface area contributed by atoms with E-state index in [1.54, 1.807) is 19.5 Å². The molecule has 0 radical (unpaired) electrons. The third-order valence-electron chi connectivity index (χ3n) is 4.17. The molecule has 1 aromatic heterocycles. The second kappa shape index (κ2) is 7.84. The van der Waals surface area contributed by atoms with Gasteiger partial charge >= 0.3 is 0 Å². The van der Waals surface area contributed by atoms with Gasteiger partial charge in [0.05, 0.1) is 18.6 Å². The van der Waals surface area contributed by atoms with Crippen molar-refractivity contribution in [1.29, 1.82) is 0 Å². The summed E-state index contributed by atoms with van der Waals surface area (Å²) in [6.07, 6.45) is 4.15. The maximum atomic E-state index is 11.5. The molecule has 2 heterocycles. The van der Waals surface area contributed by atoms with Crippen molar-refractivity contribution in [2.45, 2.75) is 25.6 Å². The lowest BCUT2D eigenvalue weighted by Gasteiger charge is -2.14. The SMILES string of the molecule is COc1ccc(CN[C@H]2CCS(=O)(=O)C2)cc1OCc1cccnc1. The van der Waals surface area contributed by atoms with Gasteiger partial charge in [0.25, 0.3) is 0 Å². The molecule has 2 aromatic rings. The number of methoxy groups -OCH3 is 1. The third-order valence-corrected chi connectivity index (χ3v) is 5.94. The van der Waals surface area contributed by atoms with Gasteiger partial charge in [-0.25, -0.2) is 8.42 Å². The summed E-state index contributed by atoms with van der Waals surface area (Å²) in [7, 11) is -1.27. The molecule has 0 saturated carbocycles. The van der Waals surface area contributed by atoms with Crippen molar-refractivity contribution in [3.63, 3.8) is 0 Å². The van der Waals surface area contributed by atoms with Crippen LogP contribution < -0.4 is 14.8 Å². The van der Waals surface area contributed by atoms with Gasteiger partial charge in [-0.2, -0.15) is 0 Å². The molecule has 134 valence electrons. The Morgan fingerprint density at radius 2 is 2.12 bits per heavy atom. The Kier molecular flexibility index (Phi) is 5.55. The average molecular weight is 362 g/mol. The first kappa shape index (κ1) is 17.7. The van der Waals surface area contributed by atoms with Crippen LogP contribution in [-0.2, 0) is 23.0 Å². The number of sulfone groups is 1. The maximum Gasteiger partial charge on any atom is 0.161 e. The van der Waals surface area contributed by atoms with Crippen molar-refractivity contribution in [3.05, 3.63) is 53.9 Å². The highest BCUT2D eigenvalue weighted by molar-refractivity contribution is 7.91. The van der Waals surface area contributed by atoms with Crippen LogP contribution in [0.25, 0.3) is 0 Å². The highest BCUT2D eigenvalue weighted by Crippen LogP contribution is 2.29. The first-order valence-electron chi connectivity index (χ1n) is 8.18. The van der Waals surface area contributed by atoms with E-state index in [2.05, 4.69) is 10.3 Å².